The molecule has 0 saturated carbocycles. The van der Waals surface area contributed by atoms with Crippen LogP contribution in [-0.4, -0.2) is 34.0 Å². The molecule has 0 N–H and O–H groups in total. The van der Waals surface area contributed by atoms with Gasteiger partial charge in [0.2, 0.25) is 0 Å². The third-order valence-corrected chi connectivity index (χ3v) is 0.189. The molecule has 0 bridgehead atoms. The van der Waals surface area contributed by atoms with Crippen LogP contribution in [0, 0.1) is 0 Å². The molecule has 0 aromatic carbocycles. The summed E-state index contributed by atoms with van der Waals surface area (Å²) in [6, 6.07) is 0. The molecule has 0 unspecified atom stereocenters. The topological polar surface area (TPSA) is 0 Å². The normalized spacial score (nSPS) is 5.83. The van der Waals surface area contributed by atoms with Crippen molar-refractivity contribution in [1.29, 1.82) is 0 Å². The fourth-order valence-corrected chi connectivity index (χ4v) is 0. The average Bonchev–Trinajstić information content (AvgIpc) is 1.72. The molecule has 0 radical (unpaired) electrons. The van der Waals surface area contributed by atoms with Crippen molar-refractivity contribution in [3.63, 3.8) is 0 Å². The summed E-state index contributed by atoms with van der Waals surface area (Å²) in [5, 5.41) is 0. The first-order valence-corrected chi connectivity index (χ1v) is 6.99. The van der Waals surface area contributed by atoms with Crippen LogP contribution in [0.4, 0.5) is 4.39 Å². The van der Waals surface area contributed by atoms with Crippen LogP contribution in [0.25, 0.3) is 0 Å². The van der Waals surface area contributed by atoms with Gasteiger partial charge in [-0.2, -0.15) is 0 Å². The Kier molecular flexibility index (Phi) is 28.0. The first kappa shape index (κ1) is 10.1. The molecule has 0 fully saturated rings. The molecule has 0 amide bonds. The Bertz CT molecular complexity index is 16.3. The monoisotopic (exact) mass is 224 g/mol. The van der Waals surface area contributed by atoms with Gasteiger partial charge in [-0.15, -0.1) is 0 Å². The number of hydrogen-bond donors (Lipinski definition) is 0. The van der Waals surface area contributed by atoms with Crippen molar-refractivity contribution < 1.29 is 4.39 Å². The van der Waals surface area contributed by atoms with E-state index in [1.807, 2.05) is 13.7 Å². The number of alkyl halides is 1. The van der Waals surface area contributed by atoms with Crippen LogP contribution < -0.4 is 0 Å². The fourth-order valence-electron chi connectivity index (χ4n) is 0. The van der Waals surface area contributed by atoms with E-state index >= 15 is 0 Å². The molecular weight excluding hydrogens is 213 g/mol. The fraction of sp³-hybridized carbons (Fsp3) is 1.00. The van der Waals surface area contributed by atoms with Crippen molar-refractivity contribution in [3.8, 4) is 0 Å². The molecule has 0 spiro atoms. The van der Waals surface area contributed by atoms with Crippen LogP contribution in [-0.2, 0) is 0 Å². The second-order valence-corrected chi connectivity index (χ2v) is 0.689. The maximum absolute atomic E-state index is 10.7. The van der Waals surface area contributed by atoms with Gasteiger partial charge in [-0.05, 0) is 6.42 Å². The van der Waals surface area contributed by atoms with Gasteiger partial charge in [0, 0.05) is 0 Å². The van der Waals surface area contributed by atoms with Gasteiger partial charge in [0.1, 0.15) is 0 Å². The van der Waals surface area contributed by atoms with E-state index in [1.54, 1.807) is 6.92 Å². The molecule has 0 aromatic heterocycles. The van der Waals surface area contributed by atoms with E-state index in [0.29, 0.717) is 6.42 Å². The molecule has 0 saturated heterocycles. The Hall–Kier alpha value is 0.969. The number of halogens is 1. The summed E-state index contributed by atoms with van der Waals surface area (Å²) in [6.07, 6.45) is 0.653. The summed E-state index contributed by atoms with van der Waals surface area (Å²) < 4.78 is 10.7. The zero-order valence-corrected chi connectivity index (χ0v) is 7.51. The average molecular weight is 222 g/mol. The Labute approximate surface area is 52.0 Å². The van der Waals surface area contributed by atoms with Crippen LogP contribution in [0.2, 0.25) is 0 Å². The van der Waals surface area contributed by atoms with Gasteiger partial charge in [-0.1, -0.05) is 6.92 Å². The van der Waals surface area contributed by atoms with Crippen LogP contribution in [0.15, 0.2) is 0 Å². The molecular formula is C3H9FSe2. The van der Waals surface area contributed by atoms with Gasteiger partial charge in [-0.3, -0.25) is 4.39 Å². The van der Waals surface area contributed by atoms with Crippen LogP contribution in [0.5, 0.6) is 0 Å². The molecule has 0 aliphatic heterocycles. The summed E-state index contributed by atoms with van der Waals surface area (Å²) in [5.74, 6) is 0. The van der Waals surface area contributed by atoms with Gasteiger partial charge in [-0.25, -0.2) is 0 Å². The summed E-state index contributed by atoms with van der Waals surface area (Å²) >= 11 is 4.50. The Morgan fingerprint density at radius 1 is 1.67 bits per heavy atom. The standard InChI is InChI=1S/C3H7F.H2Se2/c1-2-3-4;1-2/h2-3H2,1H3;1H2. The van der Waals surface area contributed by atoms with Crippen LogP contribution in [0.3, 0.4) is 0 Å². The number of hydrogen-bond acceptors (Lipinski definition) is 0. The molecule has 6 heavy (non-hydrogen) atoms. The molecule has 0 rings (SSSR count). The molecule has 0 heterocycles. The minimum atomic E-state index is -0.181. The summed E-state index contributed by atoms with van der Waals surface area (Å²) in [5.41, 5.74) is 0. The molecule has 0 aromatic rings. The minimum absolute atomic E-state index is 0.181. The Morgan fingerprint density at radius 2 is 1.83 bits per heavy atom. The molecule has 0 nitrogen and oxygen atoms in total. The van der Waals surface area contributed by atoms with E-state index in [1.165, 1.54) is 0 Å². The molecule has 0 atom stereocenters. The first-order chi connectivity index (χ1) is 2.91. The van der Waals surface area contributed by atoms with Gasteiger partial charge in [0.05, 0.1) is 6.67 Å². The van der Waals surface area contributed by atoms with Crippen molar-refractivity contribution in [2.75, 3.05) is 6.67 Å². The molecule has 40 valence electrons. The third-order valence-electron chi connectivity index (χ3n) is 0.189. The summed E-state index contributed by atoms with van der Waals surface area (Å²) in [6.45, 7) is 1.62. The van der Waals surface area contributed by atoms with E-state index in [-0.39, 0.29) is 6.67 Å². The van der Waals surface area contributed by atoms with E-state index in [2.05, 4.69) is 13.7 Å². The van der Waals surface area contributed by atoms with E-state index < -0.39 is 0 Å². The third kappa shape index (κ3) is 20.2. The quantitative estimate of drug-likeness (QED) is 0.551. The zero-order valence-electron chi connectivity index (χ0n) is 3.70. The van der Waals surface area contributed by atoms with Gasteiger partial charge < -0.3 is 0 Å². The van der Waals surface area contributed by atoms with Crippen LogP contribution >= 0.6 is 0 Å². The van der Waals surface area contributed by atoms with E-state index in [4.69, 9.17) is 0 Å². The van der Waals surface area contributed by atoms with E-state index in [9.17, 15) is 4.39 Å². The zero-order chi connectivity index (χ0) is 5.41. The molecule has 0 aliphatic rings. The first-order valence-electron chi connectivity index (χ1n) is 1.68. The molecule has 0 aliphatic carbocycles. The second kappa shape index (κ2) is 16.7. The predicted octanol–water partition coefficient (Wildman–Crippen LogP) is 0.0689. The van der Waals surface area contributed by atoms with Gasteiger partial charge in [0.25, 0.3) is 0 Å². The summed E-state index contributed by atoms with van der Waals surface area (Å²) in [7, 11) is 0. The van der Waals surface area contributed by atoms with Crippen molar-refractivity contribution in [2.45, 2.75) is 13.3 Å². The predicted molar refractivity (Wildman–Crippen MR) is 30.6 cm³/mol. The Morgan fingerprint density at radius 3 is 1.83 bits per heavy atom. The van der Waals surface area contributed by atoms with Crippen molar-refractivity contribution >= 4 is 27.3 Å². The van der Waals surface area contributed by atoms with Gasteiger partial charge >= 0.3 is 27.3 Å². The van der Waals surface area contributed by atoms with E-state index in [0.717, 1.165) is 0 Å². The molecule has 3 heteroatoms. The second-order valence-electron chi connectivity index (χ2n) is 0.689. The van der Waals surface area contributed by atoms with Crippen molar-refractivity contribution in [2.24, 2.45) is 0 Å². The Balaban J connectivity index is 0. The van der Waals surface area contributed by atoms with Gasteiger partial charge in [0.15, 0.2) is 0 Å². The number of rotatable bonds is 1. The van der Waals surface area contributed by atoms with Crippen molar-refractivity contribution in [3.05, 3.63) is 0 Å². The van der Waals surface area contributed by atoms with Crippen molar-refractivity contribution in [1.82, 2.24) is 0 Å². The maximum atomic E-state index is 10.7. The SMILES string of the molecule is CCCF.[Se]=[SeH2]. The summed E-state index contributed by atoms with van der Waals surface area (Å²) in [4.78, 5) is 0. The van der Waals surface area contributed by atoms with Crippen LogP contribution in [0.1, 0.15) is 13.3 Å².